The molecule has 0 amide bonds. The molecule has 5 aromatic carbocycles. The van der Waals surface area contributed by atoms with E-state index in [-0.39, 0.29) is 0 Å². The first-order valence-electron chi connectivity index (χ1n) is 12.1. The van der Waals surface area contributed by atoms with E-state index in [2.05, 4.69) is 54.6 Å². The predicted molar refractivity (Wildman–Crippen MR) is 152 cm³/mol. The van der Waals surface area contributed by atoms with Gasteiger partial charge < -0.3 is 0 Å². The SMILES string of the molecule is Clc1cc(-c2ccc(-c3ccccc3)cc2)cc(-c2nc(-c3ccccc3)nc(-c3ccccc3)n2)c1. The highest BCUT2D eigenvalue weighted by atomic mass is 35.5. The zero-order valence-corrected chi connectivity index (χ0v) is 20.7. The van der Waals surface area contributed by atoms with Gasteiger partial charge in [-0.25, -0.2) is 15.0 Å². The fraction of sp³-hybridized carbons (Fsp3) is 0. The number of halogens is 1. The van der Waals surface area contributed by atoms with Crippen LogP contribution in [0.5, 0.6) is 0 Å². The van der Waals surface area contributed by atoms with Crippen molar-refractivity contribution in [1.29, 1.82) is 0 Å². The van der Waals surface area contributed by atoms with Gasteiger partial charge in [-0.15, -0.1) is 0 Å². The summed E-state index contributed by atoms with van der Waals surface area (Å²) < 4.78 is 0. The van der Waals surface area contributed by atoms with Crippen molar-refractivity contribution in [3.63, 3.8) is 0 Å². The van der Waals surface area contributed by atoms with Gasteiger partial charge in [-0.3, -0.25) is 0 Å². The maximum Gasteiger partial charge on any atom is 0.164 e. The zero-order valence-electron chi connectivity index (χ0n) is 19.9. The second-order valence-electron chi connectivity index (χ2n) is 8.71. The molecule has 0 spiro atoms. The van der Waals surface area contributed by atoms with Crippen molar-refractivity contribution < 1.29 is 0 Å². The Hall–Kier alpha value is -4.60. The number of nitrogens with zero attached hydrogens (tertiary/aromatic N) is 3. The molecule has 0 fully saturated rings. The fourth-order valence-corrected chi connectivity index (χ4v) is 4.54. The number of hydrogen-bond donors (Lipinski definition) is 0. The van der Waals surface area contributed by atoms with Crippen LogP contribution in [0.25, 0.3) is 56.4 Å². The monoisotopic (exact) mass is 495 g/mol. The molecule has 0 N–H and O–H groups in total. The summed E-state index contributed by atoms with van der Waals surface area (Å²) in [7, 11) is 0. The zero-order chi connectivity index (χ0) is 25.0. The minimum atomic E-state index is 0.581. The van der Waals surface area contributed by atoms with Gasteiger partial charge in [0.25, 0.3) is 0 Å². The molecular weight excluding hydrogens is 474 g/mol. The largest absolute Gasteiger partial charge is 0.208 e. The smallest absolute Gasteiger partial charge is 0.164 e. The van der Waals surface area contributed by atoms with Crippen LogP contribution in [0.4, 0.5) is 0 Å². The van der Waals surface area contributed by atoms with Crippen LogP contribution < -0.4 is 0 Å². The molecule has 0 saturated carbocycles. The molecule has 0 radical (unpaired) electrons. The summed E-state index contributed by atoms with van der Waals surface area (Å²) in [4.78, 5) is 14.5. The van der Waals surface area contributed by atoms with Crippen LogP contribution in [-0.2, 0) is 0 Å². The average Bonchev–Trinajstić information content (AvgIpc) is 2.98. The minimum absolute atomic E-state index is 0.581. The van der Waals surface area contributed by atoms with Gasteiger partial charge in [-0.2, -0.15) is 0 Å². The Balaban J connectivity index is 1.44. The van der Waals surface area contributed by atoms with Crippen molar-refractivity contribution in [3.05, 3.63) is 138 Å². The van der Waals surface area contributed by atoms with E-state index in [0.717, 1.165) is 27.8 Å². The Kier molecular flexibility index (Phi) is 6.28. The predicted octanol–water partition coefficient (Wildman–Crippen LogP) is 8.86. The molecule has 0 atom stereocenters. The molecule has 1 aromatic heterocycles. The van der Waals surface area contributed by atoms with Gasteiger partial charge in [0.15, 0.2) is 17.5 Å². The molecule has 4 heteroatoms. The van der Waals surface area contributed by atoms with Crippen molar-refractivity contribution in [3.8, 4) is 56.4 Å². The summed E-state index contributed by atoms with van der Waals surface area (Å²) in [6.07, 6.45) is 0. The van der Waals surface area contributed by atoms with Crippen LogP contribution in [0, 0.1) is 0 Å². The molecule has 37 heavy (non-hydrogen) atoms. The average molecular weight is 496 g/mol. The Labute approximate surface area is 221 Å². The quantitative estimate of drug-likeness (QED) is 0.240. The maximum absolute atomic E-state index is 6.62. The summed E-state index contributed by atoms with van der Waals surface area (Å²) in [5, 5.41) is 0.627. The number of aromatic nitrogens is 3. The van der Waals surface area contributed by atoms with Gasteiger partial charge in [0.2, 0.25) is 0 Å². The summed E-state index contributed by atoms with van der Waals surface area (Å²) in [5.41, 5.74) is 7.14. The van der Waals surface area contributed by atoms with E-state index >= 15 is 0 Å². The van der Waals surface area contributed by atoms with Gasteiger partial charge >= 0.3 is 0 Å². The second-order valence-corrected chi connectivity index (χ2v) is 9.15. The van der Waals surface area contributed by atoms with Crippen molar-refractivity contribution in [2.75, 3.05) is 0 Å². The summed E-state index contributed by atoms with van der Waals surface area (Å²) >= 11 is 6.62. The van der Waals surface area contributed by atoms with Crippen LogP contribution >= 0.6 is 11.6 Å². The molecule has 1 heterocycles. The lowest BCUT2D eigenvalue weighted by molar-refractivity contribution is 1.07. The van der Waals surface area contributed by atoms with Crippen molar-refractivity contribution in [2.24, 2.45) is 0 Å². The van der Waals surface area contributed by atoms with E-state index < -0.39 is 0 Å². The first kappa shape index (κ1) is 22.8. The van der Waals surface area contributed by atoms with Crippen LogP contribution in [-0.4, -0.2) is 15.0 Å². The molecular formula is C33H22ClN3. The fourth-order valence-electron chi connectivity index (χ4n) is 4.31. The van der Waals surface area contributed by atoms with E-state index in [1.54, 1.807) is 0 Å². The molecule has 0 saturated heterocycles. The highest BCUT2D eigenvalue weighted by Crippen LogP contribution is 2.32. The molecule has 0 aliphatic heterocycles. The highest BCUT2D eigenvalue weighted by molar-refractivity contribution is 6.31. The standard InChI is InChI=1S/C33H22ClN3/c34-30-21-28(25-18-16-24(17-19-25)23-10-4-1-5-11-23)20-29(22-30)33-36-31(26-12-6-2-7-13-26)35-32(37-33)27-14-8-3-9-15-27/h1-22H. The van der Waals surface area contributed by atoms with Crippen molar-refractivity contribution in [1.82, 2.24) is 15.0 Å². The Bertz CT molecular complexity index is 1590. The number of rotatable bonds is 5. The van der Waals surface area contributed by atoms with Gasteiger partial charge in [0.05, 0.1) is 0 Å². The van der Waals surface area contributed by atoms with Crippen molar-refractivity contribution in [2.45, 2.75) is 0 Å². The molecule has 176 valence electrons. The molecule has 0 unspecified atom stereocenters. The van der Waals surface area contributed by atoms with Crippen molar-refractivity contribution >= 4 is 11.6 Å². The third-order valence-electron chi connectivity index (χ3n) is 6.18. The Morgan fingerprint density at radius 3 is 1.16 bits per heavy atom. The minimum Gasteiger partial charge on any atom is -0.208 e. The third-order valence-corrected chi connectivity index (χ3v) is 6.40. The first-order chi connectivity index (χ1) is 18.2. The second kappa shape index (κ2) is 10.2. The highest BCUT2D eigenvalue weighted by Gasteiger charge is 2.14. The summed E-state index contributed by atoms with van der Waals surface area (Å²) in [5.74, 6) is 1.83. The van der Waals surface area contributed by atoms with Gasteiger partial charge in [0, 0.05) is 21.7 Å². The molecule has 6 aromatic rings. The summed E-state index contributed by atoms with van der Waals surface area (Å²) in [6.45, 7) is 0. The van der Waals surface area contributed by atoms with Gasteiger partial charge in [-0.1, -0.05) is 127 Å². The third kappa shape index (κ3) is 5.04. The van der Waals surface area contributed by atoms with Crippen LogP contribution in [0.15, 0.2) is 133 Å². The van der Waals surface area contributed by atoms with Crippen LogP contribution in [0.3, 0.4) is 0 Å². The number of benzene rings is 5. The van der Waals surface area contributed by atoms with E-state index in [0.29, 0.717) is 22.5 Å². The first-order valence-corrected chi connectivity index (χ1v) is 12.4. The Morgan fingerprint density at radius 2 is 0.676 bits per heavy atom. The van der Waals surface area contributed by atoms with Crippen LogP contribution in [0.2, 0.25) is 5.02 Å². The molecule has 0 aliphatic rings. The Morgan fingerprint density at radius 1 is 0.324 bits per heavy atom. The van der Waals surface area contributed by atoms with E-state index in [1.807, 2.05) is 78.9 Å². The maximum atomic E-state index is 6.62. The van der Waals surface area contributed by atoms with Gasteiger partial charge in [0.1, 0.15) is 0 Å². The summed E-state index contributed by atoms with van der Waals surface area (Å²) in [6, 6.07) is 44.7. The lowest BCUT2D eigenvalue weighted by Gasteiger charge is -2.11. The number of hydrogen-bond acceptors (Lipinski definition) is 3. The molecule has 0 bridgehead atoms. The van der Waals surface area contributed by atoms with Crippen LogP contribution in [0.1, 0.15) is 0 Å². The topological polar surface area (TPSA) is 38.7 Å². The normalized spacial score (nSPS) is 10.8. The van der Waals surface area contributed by atoms with E-state index in [9.17, 15) is 0 Å². The van der Waals surface area contributed by atoms with Gasteiger partial charge in [-0.05, 0) is 40.5 Å². The van der Waals surface area contributed by atoms with E-state index in [1.165, 1.54) is 11.1 Å². The molecule has 0 aliphatic carbocycles. The molecule has 6 rings (SSSR count). The van der Waals surface area contributed by atoms with E-state index in [4.69, 9.17) is 26.6 Å². The lowest BCUT2D eigenvalue weighted by Crippen LogP contribution is -2.00. The lowest BCUT2D eigenvalue weighted by atomic mass is 9.99. The molecule has 3 nitrogen and oxygen atoms in total.